The van der Waals surface area contributed by atoms with Crippen LogP contribution in [0.25, 0.3) is 0 Å². The average molecular weight is 294 g/mol. The van der Waals surface area contributed by atoms with Crippen LogP contribution in [-0.2, 0) is 9.59 Å². The van der Waals surface area contributed by atoms with Crippen molar-refractivity contribution in [1.82, 2.24) is 5.32 Å². The Bertz CT molecular complexity index is 269. The van der Waals surface area contributed by atoms with Gasteiger partial charge in [0.15, 0.2) is 0 Å². The van der Waals surface area contributed by atoms with Crippen LogP contribution < -0.4 is 16.8 Å². The number of amides is 2. The Morgan fingerprint density at radius 3 is 2.00 bits per heavy atom. The number of halogens is 1. The van der Waals surface area contributed by atoms with Gasteiger partial charge in [-0.2, -0.15) is 0 Å². The number of nitrogens with two attached hydrogens (primary N) is 2. The number of rotatable bonds is 10. The average Bonchev–Trinajstić information content (AvgIpc) is 2.35. The molecule has 5 nitrogen and oxygen atoms in total. The maximum Gasteiger partial charge on any atom is 0.243 e. The van der Waals surface area contributed by atoms with E-state index in [0.717, 1.165) is 25.7 Å². The molecular weight excluding hydrogens is 266 g/mol. The minimum absolute atomic E-state index is 0. The Balaban J connectivity index is 0. The van der Waals surface area contributed by atoms with E-state index < -0.39 is 11.4 Å². The lowest BCUT2D eigenvalue weighted by atomic mass is 9.91. The fourth-order valence-electron chi connectivity index (χ4n) is 1.95. The van der Waals surface area contributed by atoms with Gasteiger partial charge in [-0.25, -0.2) is 0 Å². The molecule has 114 valence electrons. The van der Waals surface area contributed by atoms with E-state index >= 15 is 0 Å². The number of carbonyl (C=O) groups excluding carboxylic acids is 2. The first-order valence-electron chi connectivity index (χ1n) is 6.83. The first-order chi connectivity index (χ1) is 8.52. The second kappa shape index (κ2) is 11.1. The zero-order valence-electron chi connectivity index (χ0n) is 12.0. The molecule has 0 fully saturated rings. The molecule has 5 N–H and O–H groups in total. The molecule has 19 heavy (non-hydrogen) atoms. The van der Waals surface area contributed by atoms with Gasteiger partial charge in [0.25, 0.3) is 0 Å². The highest BCUT2D eigenvalue weighted by Crippen LogP contribution is 2.15. The zero-order valence-corrected chi connectivity index (χ0v) is 12.9. The Labute approximate surface area is 122 Å². The van der Waals surface area contributed by atoms with E-state index in [1.54, 1.807) is 0 Å². The summed E-state index contributed by atoms with van der Waals surface area (Å²) in [7, 11) is 0. The van der Waals surface area contributed by atoms with Gasteiger partial charge in [0, 0.05) is 6.42 Å². The van der Waals surface area contributed by atoms with E-state index in [1.165, 1.54) is 0 Å². The summed E-state index contributed by atoms with van der Waals surface area (Å²) >= 11 is 0. The molecule has 0 bridgehead atoms. The second-order valence-corrected chi connectivity index (χ2v) is 4.65. The van der Waals surface area contributed by atoms with Crippen LogP contribution in [-0.4, -0.2) is 23.9 Å². The van der Waals surface area contributed by atoms with Crippen molar-refractivity contribution in [1.29, 1.82) is 0 Å². The summed E-state index contributed by atoms with van der Waals surface area (Å²) in [6.07, 6.45) is 5.36. The summed E-state index contributed by atoms with van der Waals surface area (Å²) in [6.45, 7) is 4.41. The smallest absolute Gasteiger partial charge is 0.243 e. The van der Waals surface area contributed by atoms with Crippen molar-refractivity contribution >= 4 is 24.2 Å². The third-order valence-corrected chi connectivity index (χ3v) is 3.42. The zero-order chi connectivity index (χ0) is 14.0. The largest absolute Gasteiger partial charge is 0.368 e. The van der Waals surface area contributed by atoms with E-state index in [9.17, 15) is 9.59 Å². The van der Waals surface area contributed by atoms with Crippen LogP contribution in [0.4, 0.5) is 0 Å². The predicted molar refractivity (Wildman–Crippen MR) is 80.0 cm³/mol. The highest BCUT2D eigenvalue weighted by atomic mass is 35.5. The van der Waals surface area contributed by atoms with Gasteiger partial charge in [0.05, 0.1) is 0 Å². The van der Waals surface area contributed by atoms with Gasteiger partial charge in [0.1, 0.15) is 5.54 Å². The molecule has 0 radical (unpaired) electrons. The lowest BCUT2D eigenvalue weighted by molar-refractivity contribution is -0.132. The van der Waals surface area contributed by atoms with Crippen molar-refractivity contribution in [2.75, 3.05) is 6.54 Å². The molecule has 0 unspecified atom stereocenters. The molecule has 0 rings (SSSR count). The minimum Gasteiger partial charge on any atom is -0.368 e. The van der Waals surface area contributed by atoms with Crippen LogP contribution in [0.5, 0.6) is 0 Å². The van der Waals surface area contributed by atoms with E-state index in [2.05, 4.69) is 5.32 Å². The fraction of sp³-hybridized carbons (Fsp3) is 0.846. The fourth-order valence-corrected chi connectivity index (χ4v) is 1.95. The molecule has 0 aromatic carbocycles. The van der Waals surface area contributed by atoms with Crippen molar-refractivity contribution in [3.63, 3.8) is 0 Å². The summed E-state index contributed by atoms with van der Waals surface area (Å²) in [5, 5.41) is 2.78. The summed E-state index contributed by atoms with van der Waals surface area (Å²) < 4.78 is 0. The van der Waals surface area contributed by atoms with E-state index in [4.69, 9.17) is 11.5 Å². The van der Waals surface area contributed by atoms with E-state index in [0.29, 0.717) is 25.8 Å². The monoisotopic (exact) mass is 293 g/mol. The van der Waals surface area contributed by atoms with Crippen molar-refractivity contribution in [2.24, 2.45) is 11.5 Å². The van der Waals surface area contributed by atoms with Gasteiger partial charge in [0.2, 0.25) is 11.8 Å². The topological polar surface area (TPSA) is 98.2 Å². The highest BCUT2D eigenvalue weighted by molar-refractivity contribution is 5.90. The predicted octanol–water partition coefficient (Wildman–Crippen LogP) is 1.48. The van der Waals surface area contributed by atoms with Crippen molar-refractivity contribution in [3.05, 3.63) is 0 Å². The van der Waals surface area contributed by atoms with Crippen LogP contribution in [0.3, 0.4) is 0 Å². The van der Waals surface area contributed by atoms with Gasteiger partial charge in [-0.05, 0) is 32.2 Å². The maximum atomic E-state index is 11.8. The molecule has 0 aromatic rings. The highest BCUT2D eigenvalue weighted by Gasteiger charge is 2.33. The molecule has 0 atom stereocenters. The number of nitrogens with one attached hydrogen (secondary N) is 1. The van der Waals surface area contributed by atoms with Gasteiger partial charge in [-0.1, -0.05) is 26.7 Å². The van der Waals surface area contributed by atoms with Crippen molar-refractivity contribution in [3.8, 4) is 0 Å². The normalized spacial score (nSPS) is 10.7. The summed E-state index contributed by atoms with van der Waals surface area (Å²) in [4.78, 5) is 23.2. The molecular formula is C13H28ClN3O2. The molecule has 0 saturated heterocycles. The lowest BCUT2D eigenvalue weighted by Crippen LogP contribution is -2.56. The third-order valence-electron chi connectivity index (χ3n) is 3.42. The molecule has 0 aliphatic rings. The van der Waals surface area contributed by atoms with Crippen LogP contribution in [0.2, 0.25) is 0 Å². The molecule has 0 aromatic heterocycles. The van der Waals surface area contributed by atoms with Crippen LogP contribution in [0.1, 0.15) is 58.8 Å². The number of primary amides is 1. The second-order valence-electron chi connectivity index (χ2n) is 4.65. The molecule has 2 amide bonds. The quantitative estimate of drug-likeness (QED) is 0.532. The third kappa shape index (κ3) is 7.38. The molecule has 0 saturated carbocycles. The Hall–Kier alpha value is -0.810. The molecule has 0 aliphatic carbocycles. The SMILES string of the molecule is CCC(CC)(NC(=O)CCCCCCN)C(N)=O.Cl. The van der Waals surface area contributed by atoms with Crippen LogP contribution >= 0.6 is 12.4 Å². The maximum absolute atomic E-state index is 11.8. The molecule has 6 heteroatoms. The Kier molecular flexibility index (Phi) is 11.9. The first-order valence-corrected chi connectivity index (χ1v) is 6.83. The van der Waals surface area contributed by atoms with Gasteiger partial charge in [-0.15, -0.1) is 12.4 Å². The van der Waals surface area contributed by atoms with Crippen molar-refractivity contribution < 1.29 is 9.59 Å². The van der Waals surface area contributed by atoms with Crippen LogP contribution in [0.15, 0.2) is 0 Å². The summed E-state index contributed by atoms with van der Waals surface area (Å²) in [5.74, 6) is -0.547. The van der Waals surface area contributed by atoms with Gasteiger partial charge < -0.3 is 16.8 Å². The number of hydrogen-bond donors (Lipinski definition) is 3. The first kappa shape index (κ1) is 20.5. The van der Waals surface area contributed by atoms with Gasteiger partial charge >= 0.3 is 0 Å². The minimum atomic E-state index is -0.881. The lowest BCUT2D eigenvalue weighted by Gasteiger charge is -2.29. The van der Waals surface area contributed by atoms with Gasteiger partial charge in [-0.3, -0.25) is 9.59 Å². The number of unbranched alkanes of at least 4 members (excludes halogenated alkanes) is 3. The van der Waals surface area contributed by atoms with Crippen molar-refractivity contribution in [2.45, 2.75) is 64.3 Å². The summed E-state index contributed by atoms with van der Waals surface area (Å²) in [5.41, 5.74) is 9.88. The Morgan fingerprint density at radius 2 is 1.58 bits per heavy atom. The van der Waals surface area contributed by atoms with E-state index in [-0.39, 0.29) is 18.3 Å². The molecule has 0 heterocycles. The molecule has 0 spiro atoms. The number of hydrogen-bond acceptors (Lipinski definition) is 3. The number of carbonyl (C=O) groups is 2. The Morgan fingerprint density at radius 1 is 1.05 bits per heavy atom. The standard InChI is InChI=1S/C13H27N3O2.ClH/c1-3-13(4-2,12(15)18)16-11(17)9-7-5-6-8-10-14;/h3-10,14H2,1-2H3,(H2,15,18)(H,16,17);1H. The summed E-state index contributed by atoms with van der Waals surface area (Å²) in [6, 6.07) is 0. The molecule has 0 aliphatic heterocycles. The van der Waals surface area contributed by atoms with E-state index in [1.807, 2.05) is 13.8 Å². The van der Waals surface area contributed by atoms with Crippen LogP contribution in [0, 0.1) is 0 Å².